The molecule has 0 aliphatic carbocycles. The molecule has 3 fully saturated rings. The number of rotatable bonds is 10. The summed E-state index contributed by atoms with van der Waals surface area (Å²) in [6.07, 6.45) is 12.0. The van der Waals surface area contributed by atoms with Gasteiger partial charge in [0.25, 0.3) is 0 Å². The molecule has 0 saturated carbocycles. The lowest BCUT2D eigenvalue weighted by atomic mass is 9.97. The van der Waals surface area contributed by atoms with Gasteiger partial charge in [0.2, 0.25) is 17.7 Å². The van der Waals surface area contributed by atoms with Gasteiger partial charge in [0.15, 0.2) is 5.65 Å². The van der Waals surface area contributed by atoms with Gasteiger partial charge in [-0.25, -0.2) is 9.97 Å². The average molecular weight is 740 g/mol. The van der Waals surface area contributed by atoms with Gasteiger partial charge in [0.1, 0.15) is 11.2 Å². The summed E-state index contributed by atoms with van der Waals surface area (Å²) in [6.45, 7) is 2.53. The van der Waals surface area contributed by atoms with Crippen molar-refractivity contribution in [3.05, 3.63) is 76.3 Å². The standard InChI is InChI=1S/C39H40Cl2N8O3/c1-48-20-23(21-49-17-16-39(22-49)15-14-33(51)47-39)36-37(48)45-30(19-43-36)27-9-4-7-25(34(27)40)26-8-5-10-28(35(26)41)31-18-42-29(38(46-31)52-2)11-3-6-24-12-13-32(50)44-24/h4-5,7-10,18-20,24H,3,6,11-17,21-22H2,1-2H3,(H,44,50)(H,47,51)/t24-,39?/m0/s1. The Labute approximate surface area is 312 Å². The van der Waals surface area contributed by atoms with Gasteiger partial charge in [-0.15, -0.1) is 0 Å². The number of aromatic nitrogens is 5. The molecule has 11 nitrogen and oxygen atoms in total. The molecule has 3 aromatic heterocycles. The molecule has 268 valence electrons. The number of benzene rings is 2. The number of methoxy groups -OCH3 is 1. The number of aryl methyl sites for hydroxylation is 2. The number of ether oxygens (including phenoxy) is 1. The summed E-state index contributed by atoms with van der Waals surface area (Å²) >= 11 is 14.3. The third kappa shape index (κ3) is 6.61. The second-order valence-corrected chi connectivity index (χ2v) is 15.0. The molecule has 3 aliphatic heterocycles. The number of nitrogens with one attached hydrogen (secondary N) is 2. The van der Waals surface area contributed by atoms with E-state index in [9.17, 15) is 9.59 Å². The van der Waals surface area contributed by atoms with Crippen molar-refractivity contribution in [2.24, 2.45) is 7.05 Å². The average Bonchev–Trinajstić information content (AvgIpc) is 3.92. The van der Waals surface area contributed by atoms with E-state index in [2.05, 4.69) is 21.7 Å². The summed E-state index contributed by atoms with van der Waals surface area (Å²) in [6, 6.07) is 11.8. The molecule has 2 amide bonds. The molecule has 2 N–H and O–H groups in total. The third-order valence-corrected chi connectivity index (χ3v) is 11.5. The largest absolute Gasteiger partial charge is 0.480 e. The first-order valence-electron chi connectivity index (χ1n) is 17.8. The Bertz CT molecular complexity index is 2210. The zero-order chi connectivity index (χ0) is 36.0. The highest BCUT2D eigenvalue weighted by atomic mass is 35.5. The molecule has 1 spiro atoms. The molecule has 5 aromatic rings. The fourth-order valence-corrected chi connectivity index (χ4v) is 8.66. The summed E-state index contributed by atoms with van der Waals surface area (Å²) < 4.78 is 7.66. The molecule has 3 aliphatic rings. The number of carbonyl (C=O) groups is 2. The molecule has 0 bridgehead atoms. The number of fused-ring (bicyclic) bond motifs is 1. The van der Waals surface area contributed by atoms with Crippen LogP contribution >= 0.6 is 23.2 Å². The van der Waals surface area contributed by atoms with Crippen LogP contribution in [0.3, 0.4) is 0 Å². The Hall–Kier alpha value is -4.58. The first-order chi connectivity index (χ1) is 25.2. The van der Waals surface area contributed by atoms with Crippen LogP contribution < -0.4 is 15.4 Å². The van der Waals surface area contributed by atoms with Crippen LogP contribution in [0.4, 0.5) is 0 Å². The van der Waals surface area contributed by atoms with Crippen molar-refractivity contribution in [3.63, 3.8) is 0 Å². The zero-order valence-corrected chi connectivity index (χ0v) is 30.7. The van der Waals surface area contributed by atoms with E-state index in [-0.39, 0.29) is 23.4 Å². The van der Waals surface area contributed by atoms with Crippen LogP contribution in [0.5, 0.6) is 5.88 Å². The van der Waals surface area contributed by atoms with Gasteiger partial charge in [-0.2, -0.15) is 0 Å². The SMILES string of the molecule is COc1nc(-c2cccc(-c3cccc(-c4cnc5c(CN6CCC7(CCC(=O)N7)C6)cn(C)c5n4)c3Cl)c2Cl)cnc1CCC[C@H]1CCC(=O)N1. The monoisotopic (exact) mass is 738 g/mol. The number of nitrogens with zero attached hydrogens (tertiary/aromatic N) is 6. The zero-order valence-electron chi connectivity index (χ0n) is 29.2. The van der Waals surface area contributed by atoms with Crippen molar-refractivity contribution in [2.75, 3.05) is 20.2 Å². The lowest BCUT2D eigenvalue weighted by Gasteiger charge is -2.23. The molecule has 3 saturated heterocycles. The van der Waals surface area contributed by atoms with Gasteiger partial charge in [0, 0.05) is 79.6 Å². The topological polar surface area (TPSA) is 127 Å². The summed E-state index contributed by atoms with van der Waals surface area (Å²) in [4.78, 5) is 45.3. The molecule has 0 radical (unpaired) electrons. The number of carbonyl (C=O) groups excluding carboxylic acids is 2. The minimum absolute atomic E-state index is 0.0904. The fourth-order valence-electron chi connectivity index (χ4n) is 8.01. The molecule has 13 heteroatoms. The van der Waals surface area contributed by atoms with Crippen molar-refractivity contribution in [3.8, 4) is 39.5 Å². The minimum atomic E-state index is -0.0904. The Morgan fingerprint density at radius 2 is 1.63 bits per heavy atom. The number of hydrogen-bond acceptors (Lipinski definition) is 8. The number of amides is 2. The third-order valence-electron chi connectivity index (χ3n) is 10.7. The molecular formula is C39H40Cl2N8O3. The second kappa shape index (κ2) is 14.1. The van der Waals surface area contributed by atoms with Gasteiger partial charge in [-0.1, -0.05) is 59.6 Å². The molecular weight excluding hydrogens is 699 g/mol. The molecule has 52 heavy (non-hydrogen) atoms. The Morgan fingerprint density at radius 1 is 0.923 bits per heavy atom. The van der Waals surface area contributed by atoms with Gasteiger partial charge in [0.05, 0.1) is 46.5 Å². The van der Waals surface area contributed by atoms with Crippen molar-refractivity contribution in [1.82, 2.24) is 40.0 Å². The van der Waals surface area contributed by atoms with Crippen molar-refractivity contribution < 1.29 is 14.3 Å². The fraction of sp³-hybridized carbons (Fsp3) is 0.385. The van der Waals surface area contributed by atoms with E-state index < -0.39 is 0 Å². The van der Waals surface area contributed by atoms with Crippen LogP contribution in [-0.4, -0.2) is 73.0 Å². The Balaban J connectivity index is 1.03. The smallest absolute Gasteiger partial charge is 0.235 e. The number of likely N-dealkylation sites (tertiary alicyclic amines) is 1. The summed E-state index contributed by atoms with van der Waals surface area (Å²) in [5.41, 5.74) is 7.65. The van der Waals surface area contributed by atoms with Crippen LogP contribution in [0, 0.1) is 0 Å². The predicted octanol–water partition coefficient (Wildman–Crippen LogP) is 6.53. The Kier molecular flexibility index (Phi) is 9.35. The quantitative estimate of drug-likeness (QED) is 0.166. The number of halogens is 2. The first-order valence-corrected chi connectivity index (χ1v) is 18.6. The maximum atomic E-state index is 11.9. The van der Waals surface area contributed by atoms with E-state index in [4.69, 9.17) is 47.9 Å². The first kappa shape index (κ1) is 34.5. The van der Waals surface area contributed by atoms with Crippen LogP contribution in [0.15, 0.2) is 55.0 Å². The van der Waals surface area contributed by atoms with Crippen LogP contribution in [0.1, 0.15) is 56.2 Å². The van der Waals surface area contributed by atoms with Crippen LogP contribution in [0.25, 0.3) is 44.8 Å². The highest BCUT2D eigenvalue weighted by Crippen LogP contribution is 2.42. The lowest BCUT2D eigenvalue weighted by molar-refractivity contribution is -0.120. The van der Waals surface area contributed by atoms with Crippen molar-refractivity contribution >= 4 is 46.2 Å². The highest BCUT2D eigenvalue weighted by Gasteiger charge is 2.43. The number of hydrogen-bond donors (Lipinski definition) is 2. The van der Waals surface area contributed by atoms with E-state index >= 15 is 0 Å². The van der Waals surface area contributed by atoms with E-state index in [0.717, 1.165) is 90.8 Å². The molecule has 2 aromatic carbocycles. The summed E-state index contributed by atoms with van der Waals surface area (Å²) in [7, 11) is 3.58. The minimum Gasteiger partial charge on any atom is -0.480 e. The molecule has 6 heterocycles. The normalized spacial score (nSPS) is 20.3. The van der Waals surface area contributed by atoms with E-state index in [1.165, 1.54) is 0 Å². The highest BCUT2D eigenvalue weighted by molar-refractivity contribution is 6.39. The molecule has 2 atom stereocenters. The maximum Gasteiger partial charge on any atom is 0.235 e. The predicted molar refractivity (Wildman–Crippen MR) is 201 cm³/mol. The van der Waals surface area contributed by atoms with E-state index in [1.54, 1.807) is 19.5 Å². The lowest BCUT2D eigenvalue weighted by Crippen LogP contribution is -2.43. The van der Waals surface area contributed by atoms with Crippen LogP contribution in [-0.2, 0) is 29.6 Å². The Morgan fingerprint density at radius 3 is 2.31 bits per heavy atom. The van der Waals surface area contributed by atoms with Crippen LogP contribution in [0.2, 0.25) is 10.0 Å². The van der Waals surface area contributed by atoms with Crippen molar-refractivity contribution in [1.29, 1.82) is 0 Å². The van der Waals surface area contributed by atoms with Gasteiger partial charge in [-0.05, 0) is 38.5 Å². The summed E-state index contributed by atoms with van der Waals surface area (Å²) in [5.74, 6) is 0.738. The molecule has 8 rings (SSSR count). The van der Waals surface area contributed by atoms with Crippen molar-refractivity contribution in [2.45, 2.75) is 69.5 Å². The van der Waals surface area contributed by atoms with Gasteiger partial charge >= 0.3 is 0 Å². The molecule has 1 unspecified atom stereocenters. The van der Waals surface area contributed by atoms with Gasteiger partial charge in [-0.3, -0.25) is 24.5 Å². The van der Waals surface area contributed by atoms with E-state index in [0.29, 0.717) is 52.1 Å². The van der Waals surface area contributed by atoms with Gasteiger partial charge < -0.3 is 19.9 Å². The second-order valence-electron chi connectivity index (χ2n) is 14.2. The summed E-state index contributed by atoms with van der Waals surface area (Å²) in [5, 5.41) is 7.25. The van der Waals surface area contributed by atoms with E-state index in [1.807, 2.05) is 48.0 Å². The maximum absolute atomic E-state index is 11.9.